The van der Waals surface area contributed by atoms with E-state index >= 15 is 0 Å². The molecule has 0 bridgehead atoms. The van der Waals surface area contributed by atoms with E-state index in [0.29, 0.717) is 22.9 Å². The van der Waals surface area contributed by atoms with Crippen molar-refractivity contribution in [3.63, 3.8) is 0 Å². The molecular formula is C29H31F2N3O. The minimum atomic E-state index is -0.814. The second-order valence-electron chi connectivity index (χ2n) is 11.5. The maximum absolute atomic E-state index is 14.5. The zero-order chi connectivity index (χ0) is 23.9. The quantitative estimate of drug-likeness (QED) is 0.338. The van der Waals surface area contributed by atoms with Crippen LogP contribution >= 0.6 is 0 Å². The Kier molecular flexibility index (Phi) is 4.70. The smallest absolute Gasteiger partial charge is 0.160 e. The Labute approximate surface area is 203 Å². The van der Waals surface area contributed by atoms with Gasteiger partial charge in [0.15, 0.2) is 11.6 Å². The molecule has 1 N–H and O–H groups in total. The van der Waals surface area contributed by atoms with E-state index in [4.69, 9.17) is 4.74 Å². The summed E-state index contributed by atoms with van der Waals surface area (Å²) in [7, 11) is 0. The Morgan fingerprint density at radius 3 is 2.46 bits per heavy atom. The molecule has 2 aromatic carbocycles. The van der Waals surface area contributed by atoms with Crippen molar-refractivity contribution in [2.75, 3.05) is 13.2 Å². The van der Waals surface area contributed by atoms with Crippen molar-refractivity contribution in [2.45, 2.75) is 64.2 Å². The average molecular weight is 476 g/mol. The predicted molar refractivity (Wildman–Crippen MR) is 133 cm³/mol. The molecular weight excluding hydrogens is 444 g/mol. The molecule has 7 rings (SSSR count). The van der Waals surface area contributed by atoms with Crippen LogP contribution in [0.5, 0.6) is 0 Å². The third-order valence-corrected chi connectivity index (χ3v) is 9.01. The van der Waals surface area contributed by atoms with E-state index in [-0.39, 0.29) is 0 Å². The SMILES string of the molecule is Cc1[nH]nc2cc3c(C4CC5(CC(C)C5)C4)c(C4CCOCC4)n(-c4ccc(F)c(F)c4)c3cc12. The van der Waals surface area contributed by atoms with Gasteiger partial charge in [0.2, 0.25) is 0 Å². The fraction of sp³-hybridized carbons (Fsp3) is 0.483. The lowest BCUT2D eigenvalue weighted by Crippen LogP contribution is -2.45. The van der Waals surface area contributed by atoms with Crippen LogP contribution in [0.1, 0.15) is 74.2 Å². The highest BCUT2D eigenvalue weighted by atomic mass is 19.2. The van der Waals surface area contributed by atoms with Gasteiger partial charge in [0, 0.05) is 53.0 Å². The maximum atomic E-state index is 14.5. The number of H-pyrrole nitrogens is 1. The van der Waals surface area contributed by atoms with Gasteiger partial charge in [-0.1, -0.05) is 6.92 Å². The van der Waals surface area contributed by atoms with Gasteiger partial charge in [-0.25, -0.2) is 8.78 Å². The summed E-state index contributed by atoms with van der Waals surface area (Å²) in [6.45, 7) is 5.85. The summed E-state index contributed by atoms with van der Waals surface area (Å²) < 4.78 is 36.4. The largest absolute Gasteiger partial charge is 0.381 e. The molecule has 4 nitrogen and oxygen atoms in total. The van der Waals surface area contributed by atoms with Crippen LogP contribution in [0.15, 0.2) is 30.3 Å². The summed E-state index contributed by atoms with van der Waals surface area (Å²) in [6, 6.07) is 8.73. The van der Waals surface area contributed by atoms with E-state index in [1.54, 1.807) is 6.07 Å². The summed E-state index contributed by atoms with van der Waals surface area (Å²) in [5.74, 6) is 0.0284. The Morgan fingerprint density at radius 1 is 0.971 bits per heavy atom. The van der Waals surface area contributed by atoms with Crippen molar-refractivity contribution in [1.82, 2.24) is 14.8 Å². The van der Waals surface area contributed by atoms with E-state index in [1.165, 1.54) is 54.5 Å². The van der Waals surface area contributed by atoms with Gasteiger partial charge in [-0.05, 0) is 92.5 Å². The second kappa shape index (κ2) is 7.63. The number of ether oxygens (including phenoxy) is 1. The molecule has 1 saturated heterocycles. The van der Waals surface area contributed by atoms with Gasteiger partial charge in [0.05, 0.1) is 11.0 Å². The maximum Gasteiger partial charge on any atom is 0.160 e. The first kappa shape index (κ1) is 21.5. The minimum absolute atomic E-state index is 0.325. The molecule has 35 heavy (non-hydrogen) atoms. The van der Waals surface area contributed by atoms with Crippen LogP contribution in [-0.4, -0.2) is 28.0 Å². The number of nitrogens with zero attached hydrogens (tertiary/aromatic N) is 2. The van der Waals surface area contributed by atoms with Gasteiger partial charge in [-0.3, -0.25) is 5.10 Å². The van der Waals surface area contributed by atoms with Gasteiger partial charge in [0.1, 0.15) is 0 Å². The van der Waals surface area contributed by atoms with E-state index in [2.05, 4.69) is 33.8 Å². The van der Waals surface area contributed by atoms with Crippen LogP contribution in [-0.2, 0) is 4.74 Å². The number of benzene rings is 2. The minimum Gasteiger partial charge on any atom is -0.381 e. The fourth-order valence-corrected chi connectivity index (χ4v) is 7.61. The average Bonchev–Trinajstić information content (AvgIpc) is 3.34. The number of aromatic amines is 1. The first-order valence-corrected chi connectivity index (χ1v) is 13.0. The molecule has 2 aliphatic carbocycles. The van der Waals surface area contributed by atoms with Crippen LogP contribution in [0.4, 0.5) is 8.78 Å². The monoisotopic (exact) mass is 475 g/mol. The van der Waals surface area contributed by atoms with Crippen molar-refractivity contribution >= 4 is 21.8 Å². The van der Waals surface area contributed by atoms with Crippen molar-refractivity contribution in [2.24, 2.45) is 11.3 Å². The van der Waals surface area contributed by atoms with Crippen molar-refractivity contribution in [1.29, 1.82) is 0 Å². The topological polar surface area (TPSA) is 42.8 Å². The van der Waals surface area contributed by atoms with Gasteiger partial charge in [-0.2, -0.15) is 5.10 Å². The number of nitrogens with one attached hydrogen (secondary N) is 1. The van der Waals surface area contributed by atoms with Crippen molar-refractivity contribution in [3.8, 4) is 5.69 Å². The summed E-state index contributed by atoms with van der Waals surface area (Å²) >= 11 is 0. The standard InChI is InChI=1S/C29H31F2N3O/c1-16-12-29(13-16)14-19(15-29)27-22-10-25-21(17(2)32-33-25)11-26(22)34(20-3-4-23(30)24(31)9-20)28(27)18-5-7-35-8-6-18/h3-4,9-11,16,18-19H,5-8,12-15H2,1-2H3,(H,32,33). The van der Waals surface area contributed by atoms with Gasteiger partial charge >= 0.3 is 0 Å². The Morgan fingerprint density at radius 2 is 1.74 bits per heavy atom. The van der Waals surface area contributed by atoms with Crippen LogP contribution in [0.3, 0.4) is 0 Å². The number of rotatable bonds is 3. The molecule has 3 aliphatic rings. The molecule has 3 heterocycles. The van der Waals surface area contributed by atoms with Gasteiger partial charge in [-0.15, -0.1) is 0 Å². The number of hydrogen-bond donors (Lipinski definition) is 1. The number of aryl methyl sites for hydroxylation is 1. The number of fused-ring (bicyclic) bond motifs is 2. The molecule has 1 spiro atoms. The normalized spacial score (nSPS) is 27.0. The van der Waals surface area contributed by atoms with E-state index in [0.717, 1.165) is 54.1 Å². The molecule has 0 unspecified atom stereocenters. The second-order valence-corrected chi connectivity index (χ2v) is 11.5. The van der Waals surface area contributed by atoms with Gasteiger partial charge in [0.25, 0.3) is 0 Å². The number of hydrogen-bond acceptors (Lipinski definition) is 2. The Hall–Kier alpha value is -2.73. The Balaban J connectivity index is 1.50. The molecule has 1 aliphatic heterocycles. The van der Waals surface area contributed by atoms with Crippen LogP contribution in [0, 0.1) is 29.9 Å². The van der Waals surface area contributed by atoms with Crippen LogP contribution in [0.2, 0.25) is 0 Å². The summed E-state index contributed by atoms with van der Waals surface area (Å²) in [4.78, 5) is 0. The summed E-state index contributed by atoms with van der Waals surface area (Å²) in [6.07, 6.45) is 7.00. The first-order chi connectivity index (χ1) is 16.9. The number of halogens is 2. The van der Waals surface area contributed by atoms with Crippen LogP contribution < -0.4 is 0 Å². The Bertz CT molecular complexity index is 1450. The molecule has 2 aromatic heterocycles. The molecule has 6 heteroatoms. The third-order valence-electron chi connectivity index (χ3n) is 9.01. The highest BCUT2D eigenvalue weighted by molar-refractivity contribution is 6.00. The molecule has 0 atom stereocenters. The lowest BCUT2D eigenvalue weighted by Gasteiger charge is -2.57. The molecule has 0 amide bonds. The predicted octanol–water partition coefficient (Wildman–Crippen LogP) is 7.28. The molecule has 2 saturated carbocycles. The zero-order valence-corrected chi connectivity index (χ0v) is 20.3. The highest BCUT2D eigenvalue weighted by Gasteiger charge is 2.52. The number of aromatic nitrogens is 3. The summed E-state index contributed by atoms with van der Waals surface area (Å²) in [5, 5.41) is 9.97. The van der Waals surface area contributed by atoms with Crippen LogP contribution in [0.25, 0.3) is 27.5 Å². The van der Waals surface area contributed by atoms with Crippen molar-refractivity contribution in [3.05, 3.63) is 58.9 Å². The lowest BCUT2D eigenvalue weighted by atomic mass is 9.47. The lowest BCUT2D eigenvalue weighted by molar-refractivity contribution is -0.0342. The molecule has 3 fully saturated rings. The van der Waals surface area contributed by atoms with Crippen molar-refractivity contribution < 1.29 is 13.5 Å². The molecule has 4 aromatic rings. The molecule has 0 radical (unpaired) electrons. The zero-order valence-electron chi connectivity index (χ0n) is 20.3. The van der Waals surface area contributed by atoms with E-state index in [1.807, 2.05) is 6.92 Å². The van der Waals surface area contributed by atoms with Gasteiger partial charge < -0.3 is 9.30 Å². The van der Waals surface area contributed by atoms with E-state index < -0.39 is 11.6 Å². The third kappa shape index (κ3) is 3.22. The fourth-order valence-electron chi connectivity index (χ4n) is 7.61. The highest BCUT2D eigenvalue weighted by Crippen LogP contribution is 2.65. The first-order valence-electron chi connectivity index (χ1n) is 13.0. The van der Waals surface area contributed by atoms with E-state index in [9.17, 15) is 8.78 Å². The molecule has 182 valence electrons. The summed E-state index contributed by atoms with van der Waals surface area (Å²) in [5.41, 5.74) is 6.92.